The van der Waals surface area contributed by atoms with E-state index in [0.717, 1.165) is 25.5 Å². The fraction of sp³-hybridized carbons (Fsp3) is 0.111. The number of hydrogen-bond acceptors (Lipinski definition) is 4. The molecule has 2 rings (SSSR count). The number of hydrogen-bond donors (Lipinski definition) is 3. The maximum absolute atomic E-state index is 9.14. The van der Waals surface area contributed by atoms with E-state index >= 15 is 0 Å². The van der Waals surface area contributed by atoms with Crippen molar-refractivity contribution in [2.75, 3.05) is 5.73 Å². The molecule has 4 heteroatoms. The number of fused-ring (bicyclic) bond motifs is 1. The minimum atomic E-state index is 0.00630. The lowest BCUT2D eigenvalue weighted by Crippen LogP contribution is -1.85. The quantitative estimate of drug-likeness (QED) is 0.634. The van der Waals surface area contributed by atoms with Crippen LogP contribution < -0.4 is 5.73 Å². The Balaban J connectivity index is 2.82. The summed E-state index contributed by atoms with van der Waals surface area (Å²) in [4.78, 5) is 0.813. The zero-order chi connectivity index (χ0) is 9.42. The van der Waals surface area contributed by atoms with Crippen molar-refractivity contribution >= 4 is 39.1 Å². The fourth-order valence-corrected chi connectivity index (χ4v) is 2.47. The number of nitrogen functional groups attached to an aromatic ring is 1. The van der Waals surface area contributed by atoms with Gasteiger partial charge in [-0.3, -0.25) is 0 Å². The van der Waals surface area contributed by atoms with Crippen LogP contribution in [0.5, 0.6) is 0 Å². The Bertz CT molecular complexity index is 450. The van der Waals surface area contributed by atoms with Gasteiger partial charge in [0.2, 0.25) is 0 Å². The zero-order valence-corrected chi connectivity index (χ0v) is 8.53. The summed E-state index contributed by atoms with van der Waals surface area (Å²) >= 11 is 5.79. The number of nitrogens with two attached hydrogens (primary N) is 1. The van der Waals surface area contributed by atoms with Gasteiger partial charge in [0.15, 0.2) is 0 Å². The van der Waals surface area contributed by atoms with Crippen LogP contribution in [0.4, 0.5) is 5.00 Å². The molecule has 1 aromatic heterocycles. The predicted octanol–water partition coefficient (Wildman–Crippen LogP) is 2.26. The molecule has 0 saturated carbocycles. The summed E-state index contributed by atoms with van der Waals surface area (Å²) in [7, 11) is 0. The van der Waals surface area contributed by atoms with Crippen LogP contribution in [-0.2, 0) is 6.61 Å². The minimum absolute atomic E-state index is 0.00630. The number of thiol groups is 1. The van der Waals surface area contributed by atoms with Gasteiger partial charge < -0.3 is 10.8 Å². The SMILES string of the molecule is Nc1cc2c(CO)c(S)ccc2s1. The Hall–Kier alpha value is -0.710. The van der Waals surface area contributed by atoms with Gasteiger partial charge in [-0.05, 0) is 23.8 Å². The van der Waals surface area contributed by atoms with Gasteiger partial charge in [-0.2, -0.15) is 0 Å². The van der Waals surface area contributed by atoms with Gasteiger partial charge in [0.25, 0.3) is 0 Å². The molecule has 0 aliphatic rings. The Morgan fingerprint density at radius 3 is 2.92 bits per heavy atom. The van der Waals surface area contributed by atoms with Crippen LogP contribution in [0.2, 0.25) is 0 Å². The van der Waals surface area contributed by atoms with E-state index in [9.17, 15) is 0 Å². The Kier molecular flexibility index (Phi) is 2.19. The van der Waals surface area contributed by atoms with Gasteiger partial charge in [0.1, 0.15) is 0 Å². The molecular formula is C9H9NOS2. The van der Waals surface area contributed by atoms with E-state index in [1.807, 2.05) is 18.2 Å². The van der Waals surface area contributed by atoms with E-state index in [1.165, 1.54) is 11.3 Å². The van der Waals surface area contributed by atoms with E-state index in [4.69, 9.17) is 10.8 Å². The van der Waals surface area contributed by atoms with Crippen molar-refractivity contribution in [3.05, 3.63) is 23.8 Å². The second-order valence-electron chi connectivity index (χ2n) is 2.78. The third kappa shape index (κ3) is 1.41. The van der Waals surface area contributed by atoms with Gasteiger partial charge in [-0.25, -0.2) is 0 Å². The second kappa shape index (κ2) is 3.21. The zero-order valence-electron chi connectivity index (χ0n) is 6.82. The van der Waals surface area contributed by atoms with Crippen LogP contribution in [-0.4, -0.2) is 5.11 Å². The normalized spacial score (nSPS) is 10.9. The molecule has 0 amide bonds. The van der Waals surface area contributed by atoms with Gasteiger partial charge >= 0.3 is 0 Å². The van der Waals surface area contributed by atoms with Crippen molar-refractivity contribution in [3.8, 4) is 0 Å². The van der Waals surface area contributed by atoms with Crippen molar-refractivity contribution in [2.24, 2.45) is 0 Å². The molecule has 0 fully saturated rings. The highest BCUT2D eigenvalue weighted by Crippen LogP contribution is 2.32. The average molecular weight is 211 g/mol. The van der Waals surface area contributed by atoms with E-state index < -0.39 is 0 Å². The first-order valence-corrected chi connectivity index (χ1v) is 5.09. The highest BCUT2D eigenvalue weighted by atomic mass is 32.1. The van der Waals surface area contributed by atoms with Gasteiger partial charge in [0.05, 0.1) is 11.6 Å². The first kappa shape index (κ1) is 8.87. The molecule has 1 aromatic carbocycles. The molecule has 3 N–H and O–H groups in total. The summed E-state index contributed by atoms with van der Waals surface area (Å²) in [6.45, 7) is 0.00630. The summed E-state index contributed by atoms with van der Waals surface area (Å²) in [5.41, 5.74) is 6.53. The number of rotatable bonds is 1. The van der Waals surface area contributed by atoms with Crippen LogP contribution in [0.3, 0.4) is 0 Å². The fourth-order valence-electron chi connectivity index (χ4n) is 1.34. The monoisotopic (exact) mass is 211 g/mol. The van der Waals surface area contributed by atoms with Crippen molar-refractivity contribution in [3.63, 3.8) is 0 Å². The summed E-state index contributed by atoms with van der Waals surface area (Å²) < 4.78 is 1.10. The van der Waals surface area contributed by atoms with Crippen molar-refractivity contribution in [1.82, 2.24) is 0 Å². The maximum Gasteiger partial charge on any atom is 0.0868 e. The lowest BCUT2D eigenvalue weighted by Gasteiger charge is -2.01. The molecule has 0 bridgehead atoms. The molecule has 68 valence electrons. The number of aliphatic hydroxyl groups is 1. The number of anilines is 1. The van der Waals surface area contributed by atoms with Crippen LogP contribution in [0, 0.1) is 0 Å². The number of thiophene rings is 1. The van der Waals surface area contributed by atoms with Crippen molar-refractivity contribution in [1.29, 1.82) is 0 Å². The largest absolute Gasteiger partial charge is 0.392 e. The van der Waals surface area contributed by atoms with Crippen LogP contribution in [0.25, 0.3) is 10.1 Å². The van der Waals surface area contributed by atoms with Crippen LogP contribution in [0.15, 0.2) is 23.1 Å². The van der Waals surface area contributed by atoms with Crippen LogP contribution in [0.1, 0.15) is 5.56 Å². The van der Waals surface area contributed by atoms with Crippen molar-refractivity contribution < 1.29 is 5.11 Å². The summed E-state index contributed by atoms with van der Waals surface area (Å²) in [5.74, 6) is 0. The third-order valence-corrected chi connectivity index (χ3v) is 3.31. The van der Waals surface area contributed by atoms with E-state index in [2.05, 4.69) is 12.6 Å². The smallest absolute Gasteiger partial charge is 0.0868 e. The van der Waals surface area contributed by atoms with Crippen molar-refractivity contribution in [2.45, 2.75) is 11.5 Å². The molecule has 13 heavy (non-hydrogen) atoms. The van der Waals surface area contributed by atoms with E-state index in [0.29, 0.717) is 0 Å². The average Bonchev–Trinajstić information content (AvgIpc) is 2.45. The van der Waals surface area contributed by atoms with Gasteiger partial charge in [-0.1, -0.05) is 0 Å². The molecule has 1 heterocycles. The number of aliphatic hydroxyl groups excluding tert-OH is 1. The van der Waals surface area contributed by atoms with Gasteiger partial charge in [0, 0.05) is 15.0 Å². The highest BCUT2D eigenvalue weighted by Gasteiger charge is 2.06. The molecule has 0 aliphatic heterocycles. The number of benzene rings is 1. The Morgan fingerprint density at radius 1 is 1.46 bits per heavy atom. The Labute approximate surface area is 85.4 Å². The second-order valence-corrected chi connectivity index (χ2v) is 4.38. The molecule has 0 saturated heterocycles. The van der Waals surface area contributed by atoms with Gasteiger partial charge in [-0.15, -0.1) is 24.0 Å². The van der Waals surface area contributed by atoms with Crippen LogP contribution >= 0.6 is 24.0 Å². The molecule has 0 spiro atoms. The topological polar surface area (TPSA) is 46.2 Å². The standard InChI is InChI=1S/C9H9NOS2/c10-9-3-5-6(4-11)7(12)1-2-8(5)13-9/h1-3,11-12H,4,10H2. The Morgan fingerprint density at radius 2 is 2.23 bits per heavy atom. The van der Waals surface area contributed by atoms with E-state index in [-0.39, 0.29) is 6.61 Å². The third-order valence-electron chi connectivity index (χ3n) is 1.96. The first-order chi connectivity index (χ1) is 6.22. The summed E-state index contributed by atoms with van der Waals surface area (Å²) in [6, 6.07) is 5.73. The highest BCUT2D eigenvalue weighted by molar-refractivity contribution is 7.80. The molecule has 2 aromatic rings. The lowest BCUT2D eigenvalue weighted by atomic mass is 10.1. The van der Waals surface area contributed by atoms with E-state index in [1.54, 1.807) is 0 Å². The molecule has 0 radical (unpaired) electrons. The predicted molar refractivity (Wildman–Crippen MR) is 59.4 cm³/mol. The summed E-state index contributed by atoms with van der Waals surface area (Å²) in [6.07, 6.45) is 0. The molecule has 0 aliphatic carbocycles. The maximum atomic E-state index is 9.14. The first-order valence-electron chi connectivity index (χ1n) is 3.83. The minimum Gasteiger partial charge on any atom is -0.392 e. The molecule has 2 nitrogen and oxygen atoms in total. The molecular weight excluding hydrogens is 202 g/mol. The lowest BCUT2D eigenvalue weighted by molar-refractivity contribution is 0.280. The summed E-state index contributed by atoms with van der Waals surface area (Å²) in [5, 5.41) is 10.9. The molecule has 0 atom stereocenters. The molecule has 0 unspecified atom stereocenters.